The number of amides is 1. The van der Waals surface area contributed by atoms with Gasteiger partial charge in [0.2, 0.25) is 0 Å². The Bertz CT molecular complexity index is 1760. The Hall–Kier alpha value is -3.90. The van der Waals surface area contributed by atoms with Crippen molar-refractivity contribution in [1.82, 2.24) is 9.47 Å². The first-order valence-corrected chi connectivity index (χ1v) is 15.5. The van der Waals surface area contributed by atoms with E-state index in [1.807, 2.05) is 17.0 Å². The van der Waals surface area contributed by atoms with E-state index in [4.69, 9.17) is 18.9 Å². The van der Waals surface area contributed by atoms with Crippen LogP contribution in [0.25, 0.3) is 6.08 Å². The number of carbonyl (C=O) groups is 2. The van der Waals surface area contributed by atoms with Crippen LogP contribution >= 0.6 is 27.3 Å². The number of esters is 1. The molecule has 0 spiro atoms. The number of allylic oxidation sites excluding steroid dienone is 1. The topological polar surface area (TPSA) is 109 Å². The summed E-state index contributed by atoms with van der Waals surface area (Å²) < 4.78 is 24.6. The van der Waals surface area contributed by atoms with E-state index in [-0.39, 0.29) is 30.3 Å². The number of ether oxygens (including phenoxy) is 4. The van der Waals surface area contributed by atoms with Gasteiger partial charge in [-0.05, 0) is 68.2 Å². The van der Waals surface area contributed by atoms with Gasteiger partial charge in [0.1, 0.15) is 5.75 Å². The summed E-state index contributed by atoms with van der Waals surface area (Å²) in [6, 6.07) is 9.85. The average Bonchev–Trinajstić information content (AvgIpc) is 3.64. The van der Waals surface area contributed by atoms with Gasteiger partial charge in [0.25, 0.3) is 11.5 Å². The molecule has 2 aliphatic heterocycles. The van der Waals surface area contributed by atoms with Crippen LogP contribution in [-0.4, -0.2) is 61.9 Å². The maximum Gasteiger partial charge on any atom is 0.338 e. The van der Waals surface area contributed by atoms with Crippen molar-refractivity contribution < 1.29 is 28.5 Å². The number of methoxy groups -OCH3 is 2. The first kappa shape index (κ1) is 30.6. The lowest BCUT2D eigenvalue weighted by atomic mass is 9.95. The summed E-state index contributed by atoms with van der Waals surface area (Å²) in [5.41, 5.74) is 1.81. The molecule has 2 aliphatic rings. The lowest BCUT2D eigenvalue weighted by Crippen LogP contribution is -2.40. The van der Waals surface area contributed by atoms with E-state index in [2.05, 4.69) is 20.9 Å². The SMILES string of the molecule is CCOC(=O)C1=C(C)N=c2s/c(=C/c3ccc(OCC(=O)N4CCCC4)cc3)c(=O)n2[C@@H]1c1cc(OC)c(OC)cc1Br. The Balaban J connectivity index is 1.52. The molecule has 1 atom stereocenters. The Labute approximate surface area is 261 Å². The third kappa shape index (κ3) is 6.25. The number of aromatic nitrogens is 1. The molecule has 0 saturated carbocycles. The van der Waals surface area contributed by atoms with Crippen molar-refractivity contribution >= 4 is 45.2 Å². The summed E-state index contributed by atoms with van der Waals surface area (Å²) in [5.74, 6) is 0.945. The number of likely N-dealkylation sites (tertiary alicyclic amines) is 1. The second-order valence-corrected chi connectivity index (χ2v) is 11.8. The van der Waals surface area contributed by atoms with E-state index < -0.39 is 12.0 Å². The zero-order valence-corrected chi connectivity index (χ0v) is 26.7. The number of benzene rings is 2. The summed E-state index contributed by atoms with van der Waals surface area (Å²) >= 11 is 4.84. The van der Waals surface area contributed by atoms with E-state index in [0.29, 0.717) is 42.3 Å². The Morgan fingerprint density at radius 1 is 1.09 bits per heavy atom. The Morgan fingerprint density at radius 2 is 1.77 bits per heavy atom. The van der Waals surface area contributed by atoms with Crippen LogP contribution in [0, 0.1) is 0 Å². The molecule has 0 bridgehead atoms. The van der Waals surface area contributed by atoms with Crippen LogP contribution < -0.4 is 29.1 Å². The predicted octanol–water partition coefficient (Wildman–Crippen LogP) is 3.58. The highest BCUT2D eigenvalue weighted by atomic mass is 79.9. The number of fused-ring (bicyclic) bond motifs is 1. The molecule has 1 amide bonds. The molecule has 0 unspecified atom stereocenters. The van der Waals surface area contributed by atoms with Gasteiger partial charge in [0.15, 0.2) is 22.9 Å². The van der Waals surface area contributed by atoms with E-state index in [1.165, 1.54) is 30.1 Å². The van der Waals surface area contributed by atoms with Crippen LogP contribution in [0.4, 0.5) is 0 Å². The van der Waals surface area contributed by atoms with E-state index >= 15 is 0 Å². The van der Waals surface area contributed by atoms with Crippen LogP contribution in [0.1, 0.15) is 43.9 Å². The van der Waals surface area contributed by atoms with Gasteiger partial charge < -0.3 is 23.8 Å². The fourth-order valence-corrected chi connectivity index (χ4v) is 6.77. The zero-order chi connectivity index (χ0) is 30.7. The van der Waals surface area contributed by atoms with Gasteiger partial charge in [-0.2, -0.15) is 0 Å². The van der Waals surface area contributed by atoms with E-state index in [0.717, 1.165) is 31.5 Å². The second kappa shape index (κ2) is 13.2. The van der Waals surface area contributed by atoms with Crippen LogP contribution in [0.15, 0.2) is 61.9 Å². The first-order valence-electron chi connectivity index (χ1n) is 13.9. The van der Waals surface area contributed by atoms with Crippen LogP contribution in [-0.2, 0) is 14.3 Å². The lowest BCUT2D eigenvalue weighted by Gasteiger charge is -2.26. The van der Waals surface area contributed by atoms with Gasteiger partial charge in [-0.3, -0.25) is 14.2 Å². The molecule has 0 N–H and O–H groups in total. The lowest BCUT2D eigenvalue weighted by molar-refractivity contribution is -0.139. The third-order valence-corrected chi connectivity index (χ3v) is 8.98. The highest BCUT2D eigenvalue weighted by molar-refractivity contribution is 9.10. The van der Waals surface area contributed by atoms with Crippen molar-refractivity contribution in [3.8, 4) is 17.2 Å². The minimum Gasteiger partial charge on any atom is -0.493 e. The fraction of sp³-hybridized carbons (Fsp3) is 0.355. The number of thiazole rings is 1. The number of hydrogen-bond acceptors (Lipinski definition) is 9. The van der Waals surface area contributed by atoms with Crippen LogP contribution in [0.2, 0.25) is 0 Å². The van der Waals surface area contributed by atoms with Crippen molar-refractivity contribution in [2.24, 2.45) is 4.99 Å². The van der Waals surface area contributed by atoms with Crippen molar-refractivity contribution in [2.45, 2.75) is 32.7 Å². The fourth-order valence-electron chi connectivity index (χ4n) is 5.18. The quantitative estimate of drug-likeness (QED) is 0.321. The molecule has 1 saturated heterocycles. The Kier molecular flexibility index (Phi) is 9.36. The zero-order valence-electron chi connectivity index (χ0n) is 24.3. The smallest absolute Gasteiger partial charge is 0.338 e. The molecule has 5 rings (SSSR count). The number of hydrogen-bond donors (Lipinski definition) is 0. The maximum absolute atomic E-state index is 14.0. The highest BCUT2D eigenvalue weighted by Crippen LogP contribution is 2.40. The molecule has 226 valence electrons. The Morgan fingerprint density at radius 3 is 2.42 bits per heavy atom. The molecule has 1 aromatic heterocycles. The van der Waals surface area contributed by atoms with Crippen LogP contribution in [0.3, 0.4) is 0 Å². The van der Waals surface area contributed by atoms with Gasteiger partial charge in [0, 0.05) is 17.6 Å². The number of rotatable bonds is 9. The number of halogens is 1. The maximum atomic E-state index is 14.0. The number of nitrogens with zero attached hydrogens (tertiary/aromatic N) is 3. The minimum absolute atomic E-state index is 0.00813. The van der Waals surface area contributed by atoms with Crippen molar-refractivity contribution in [1.29, 1.82) is 0 Å². The molecule has 2 aromatic carbocycles. The van der Waals surface area contributed by atoms with Crippen molar-refractivity contribution in [2.75, 3.05) is 40.5 Å². The van der Waals surface area contributed by atoms with Gasteiger partial charge >= 0.3 is 5.97 Å². The van der Waals surface area contributed by atoms with Gasteiger partial charge in [-0.25, -0.2) is 9.79 Å². The second-order valence-electron chi connectivity index (χ2n) is 9.98. The molecule has 1 fully saturated rings. The molecule has 3 heterocycles. The van der Waals surface area contributed by atoms with Crippen molar-refractivity contribution in [3.05, 3.63) is 83.0 Å². The number of carbonyl (C=O) groups excluding carboxylic acids is 2. The minimum atomic E-state index is -0.824. The summed E-state index contributed by atoms with van der Waals surface area (Å²) in [5, 5.41) is 0. The van der Waals surface area contributed by atoms with Gasteiger partial charge in [0.05, 0.1) is 42.7 Å². The summed E-state index contributed by atoms with van der Waals surface area (Å²) in [7, 11) is 3.06. The average molecular weight is 671 g/mol. The molecule has 0 aliphatic carbocycles. The van der Waals surface area contributed by atoms with E-state index in [9.17, 15) is 14.4 Å². The molecular formula is C31H32BrN3O7S. The molecule has 12 heteroatoms. The monoisotopic (exact) mass is 669 g/mol. The summed E-state index contributed by atoms with van der Waals surface area (Å²) in [6.07, 6.45) is 3.83. The highest BCUT2D eigenvalue weighted by Gasteiger charge is 2.35. The largest absolute Gasteiger partial charge is 0.493 e. The predicted molar refractivity (Wildman–Crippen MR) is 165 cm³/mol. The summed E-state index contributed by atoms with van der Waals surface area (Å²) in [4.78, 5) is 46.4. The third-order valence-electron chi connectivity index (χ3n) is 7.31. The molecule has 0 radical (unpaired) electrons. The van der Waals surface area contributed by atoms with E-state index in [1.54, 1.807) is 44.2 Å². The van der Waals surface area contributed by atoms with Gasteiger partial charge in [-0.1, -0.05) is 39.4 Å². The summed E-state index contributed by atoms with van der Waals surface area (Å²) in [6.45, 7) is 5.19. The standard InChI is InChI=1S/C31H32BrN3O7S/c1-5-41-30(38)27-18(2)33-31-35(28(27)21-15-23(39-3)24(40-4)16-22(21)32)29(37)25(43-31)14-19-8-10-20(11-9-19)42-17-26(36)34-12-6-7-13-34/h8-11,14-16,28H,5-7,12-13,17H2,1-4H3/b25-14+/t28-/m1/s1. The first-order chi connectivity index (χ1) is 20.7. The normalized spacial score (nSPS) is 16.5. The molecule has 43 heavy (non-hydrogen) atoms. The van der Waals surface area contributed by atoms with Crippen molar-refractivity contribution in [3.63, 3.8) is 0 Å². The van der Waals surface area contributed by atoms with Crippen LogP contribution in [0.5, 0.6) is 17.2 Å². The molecule has 3 aromatic rings. The molecular weight excluding hydrogens is 638 g/mol. The molecule has 10 nitrogen and oxygen atoms in total. The van der Waals surface area contributed by atoms with Gasteiger partial charge in [-0.15, -0.1) is 0 Å².